The first-order valence-electron chi connectivity index (χ1n) is 12.6. The van der Waals surface area contributed by atoms with Gasteiger partial charge in [0.25, 0.3) is 5.91 Å². The molecule has 1 unspecified atom stereocenters. The highest BCUT2D eigenvalue weighted by molar-refractivity contribution is 7.92. The summed E-state index contributed by atoms with van der Waals surface area (Å²) in [5.41, 5.74) is 1.28. The predicted molar refractivity (Wildman–Crippen MR) is 143 cm³/mol. The fraction of sp³-hybridized carbons (Fsp3) is 0.370. The van der Waals surface area contributed by atoms with Crippen LogP contribution in [-0.4, -0.2) is 55.0 Å². The number of rotatable bonds is 10. The number of nitrogens with zero attached hydrogens (tertiary/aromatic N) is 1. The van der Waals surface area contributed by atoms with Crippen LogP contribution in [0.25, 0.3) is 0 Å². The minimum absolute atomic E-state index is 0.134. The number of ether oxygens (including phenoxy) is 3. The number of nitrogens with one attached hydrogen (secondary N) is 1. The molecule has 0 bridgehead atoms. The number of carbonyl (C=O) groups is 2. The van der Waals surface area contributed by atoms with E-state index in [2.05, 4.69) is 10.3 Å². The largest absolute Gasteiger partial charge is 0.478 e. The van der Waals surface area contributed by atoms with Crippen LogP contribution in [0.15, 0.2) is 53.6 Å². The molecule has 0 radical (unpaired) electrons. The van der Waals surface area contributed by atoms with E-state index in [0.717, 1.165) is 11.3 Å². The Morgan fingerprint density at radius 2 is 1.82 bits per heavy atom. The molecule has 1 aliphatic carbocycles. The van der Waals surface area contributed by atoms with Gasteiger partial charge in [-0.2, -0.15) is 0 Å². The summed E-state index contributed by atoms with van der Waals surface area (Å²) in [7, 11) is -3.35. The molecule has 2 aromatic carbocycles. The van der Waals surface area contributed by atoms with Gasteiger partial charge in [0.15, 0.2) is 21.1 Å². The molecule has 5 rings (SSSR count). The summed E-state index contributed by atoms with van der Waals surface area (Å²) in [5, 5.41) is 12.4. The van der Waals surface area contributed by atoms with E-state index >= 15 is 0 Å². The Bertz CT molecular complexity index is 1460. The fourth-order valence-electron chi connectivity index (χ4n) is 4.25. The van der Waals surface area contributed by atoms with Crippen LogP contribution in [0.3, 0.4) is 0 Å². The maximum absolute atomic E-state index is 13.4. The number of hydrogen-bond acceptors (Lipinski definition) is 9. The molecule has 206 valence electrons. The second-order valence-corrected chi connectivity index (χ2v) is 12.7. The maximum Gasteiger partial charge on any atom is 0.336 e. The number of benzene rings is 2. The quantitative estimate of drug-likeness (QED) is 0.352. The van der Waals surface area contributed by atoms with E-state index in [9.17, 15) is 23.1 Å². The molecule has 2 aliphatic rings. The third kappa shape index (κ3) is 6.47. The van der Waals surface area contributed by atoms with E-state index in [-0.39, 0.29) is 26.9 Å². The van der Waals surface area contributed by atoms with Gasteiger partial charge in [-0.1, -0.05) is 29.5 Å². The van der Waals surface area contributed by atoms with Gasteiger partial charge in [-0.15, -0.1) is 0 Å². The summed E-state index contributed by atoms with van der Waals surface area (Å²) in [5.74, 6) is -1.17. The Kier molecular flexibility index (Phi) is 7.98. The van der Waals surface area contributed by atoms with E-state index in [0.29, 0.717) is 60.8 Å². The molecule has 0 spiro atoms. The van der Waals surface area contributed by atoms with Crippen LogP contribution in [-0.2, 0) is 24.1 Å². The molecule has 39 heavy (non-hydrogen) atoms. The number of carbonyl (C=O) groups excluding carboxylic acids is 1. The van der Waals surface area contributed by atoms with Gasteiger partial charge < -0.3 is 19.3 Å². The summed E-state index contributed by atoms with van der Waals surface area (Å²) >= 11 is 1.08. The van der Waals surface area contributed by atoms with Crippen molar-refractivity contribution in [2.75, 3.05) is 18.5 Å². The number of hydrogen-bond donors (Lipinski definition) is 2. The van der Waals surface area contributed by atoms with Crippen LogP contribution in [0.4, 0.5) is 5.13 Å². The Labute approximate surface area is 229 Å². The normalized spacial score (nSPS) is 16.9. The Hall–Kier alpha value is -3.32. The molecular formula is C27H28N2O8S2. The van der Waals surface area contributed by atoms with E-state index in [1.807, 2.05) is 0 Å². The standard InChI is InChI=1S/C27H28N2O8S2/c1-16-2-5-19(14-22(16)26(31)32)36-23-15-28-27(38-23)29-25(30)24(37-18-10-12-35-13-11-18)17-3-6-20(7-4-17)39(33,34)21-8-9-21/h2-7,14-15,18,21,24H,8-13H2,1H3,(H,31,32)(H,28,29,30). The molecule has 2 fully saturated rings. The summed E-state index contributed by atoms with van der Waals surface area (Å²) in [4.78, 5) is 29.3. The average Bonchev–Trinajstić information content (AvgIpc) is 3.71. The third-order valence-corrected chi connectivity index (χ3v) is 9.65. The van der Waals surface area contributed by atoms with Gasteiger partial charge in [0.2, 0.25) is 5.06 Å². The van der Waals surface area contributed by atoms with Gasteiger partial charge >= 0.3 is 5.97 Å². The number of aryl methyl sites for hydroxylation is 1. The second kappa shape index (κ2) is 11.4. The first kappa shape index (κ1) is 27.3. The Morgan fingerprint density at radius 3 is 2.49 bits per heavy atom. The second-order valence-electron chi connectivity index (χ2n) is 9.50. The number of carboxylic acid groups (broad SMARTS) is 1. The number of aromatic carboxylic acids is 1. The molecule has 12 heteroatoms. The topological polar surface area (TPSA) is 141 Å². The van der Waals surface area contributed by atoms with Crippen molar-refractivity contribution in [2.24, 2.45) is 0 Å². The van der Waals surface area contributed by atoms with Gasteiger partial charge in [-0.25, -0.2) is 18.2 Å². The zero-order valence-electron chi connectivity index (χ0n) is 21.2. The van der Waals surface area contributed by atoms with Crippen molar-refractivity contribution in [1.29, 1.82) is 0 Å². The average molecular weight is 573 g/mol. The predicted octanol–water partition coefficient (Wildman–Crippen LogP) is 4.75. The summed E-state index contributed by atoms with van der Waals surface area (Å²) < 4.78 is 42.6. The molecule has 2 heterocycles. The highest BCUT2D eigenvalue weighted by Gasteiger charge is 2.37. The number of sulfone groups is 1. The van der Waals surface area contributed by atoms with Crippen LogP contribution in [0.5, 0.6) is 10.8 Å². The van der Waals surface area contributed by atoms with Crippen molar-refractivity contribution < 1.29 is 37.3 Å². The minimum Gasteiger partial charge on any atom is -0.478 e. The highest BCUT2D eigenvalue weighted by atomic mass is 32.2. The van der Waals surface area contributed by atoms with Crippen molar-refractivity contribution >= 4 is 38.2 Å². The van der Waals surface area contributed by atoms with Crippen molar-refractivity contribution in [3.05, 3.63) is 65.4 Å². The number of carboxylic acids is 1. The van der Waals surface area contributed by atoms with Crippen LogP contribution >= 0.6 is 11.3 Å². The first-order chi connectivity index (χ1) is 18.7. The van der Waals surface area contributed by atoms with Crippen LogP contribution in [0.2, 0.25) is 0 Å². The van der Waals surface area contributed by atoms with Crippen LogP contribution in [0.1, 0.15) is 53.3 Å². The molecule has 1 aromatic heterocycles. The zero-order chi connectivity index (χ0) is 27.6. The molecule has 1 aliphatic heterocycles. The molecule has 10 nitrogen and oxygen atoms in total. The lowest BCUT2D eigenvalue weighted by Crippen LogP contribution is -2.31. The molecular weight excluding hydrogens is 544 g/mol. The lowest BCUT2D eigenvalue weighted by Gasteiger charge is -2.27. The van der Waals surface area contributed by atoms with Crippen LogP contribution < -0.4 is 10.1 Å². The number of aromatic nitrogens is 1. The van der Waals surface area contributed by atoms with Crippen molar-refractivity contribution in [1.82, 2.24) is 4.98 Å². The number of anilines is 1. The van der Waals surface area contributed by atoms with Crippen molar-refractivity contribution in [2.45, 2.75) is 55.0 Å². The molecule has 1 amide bonds. The van der Waals surface area contributed by atoms with E-state index in [4.69, 9.17) is 14.2 Å². The SMILES string of the molecule is Cc1ccc(Oc2cnc(NC(=O)C(OC3CCOCC3)c3ccc(S(=O)(=O)C4CC4)cc3)s2)cc1C(=O)O. The molecule has 1 saturated carbocycles. The summed E-state index contributed by atoms with van der Waals surface area (Å²) in [6.45, 7) is 2.77. The Balaban J connectivity index is 1.31. The maximum atomic E-state index is 13.4. The van der Waals surface area contributed by atoms with Crippen LogP contribution in [0, 0.1) is 6.92 Å². The highest BCUT2D eigenvalue weighted by Crippen LogP contribution is 2.35. The molecule has 1 atom stereocenters. The van der Waals surface area contributed by atoms with Gasteiger partial charge in [0.05, 0.1) is 28.0 Å². The number of amides is 1. The van der Waals surface area contributed by atoms with E-state index < -0.39 is 27.8 Å². The van der Waals surface area contributed by atoms with E-state index in [1.54, 1.807) is 31.2 Å². The fourth-order valence-corrected chi connectivity index (χ4v) is 6.59. The molecule has 3 aromatic rings. The summed E-state index contributed by atoms with van der Waals surface area (Å²) in [6.07, 6.45) is 2.88. The van der Waals surface area contributed by atoms with Gasteiger partial charge in [0.1, 0.15) is 5.75 Å². The van der Waals surface area contributed by atoms with Gasteiger partial charge in [-0.3, -0.25) is 10.1 Å². The first-order valence-corrected chi connectivity index (χ1v) is 14.9. The lowest BCUT2D eigenvalue weighted by molar-refractivity contribution is -0.136. The monoisotopic (exact) mass is 572 g/mol. The Morgan fingerprint density at radius 1 is 1.10 bits per heavy atom. The van der Waals surface area contributed by atoms with Crippen molar-refractivity contribution in [3.8, 4) is 10.8 Å². The smallest absolute Gasteiger partial charge is 0.336 e. The van der Waals surface area contributed by atoms with Gasteiger partial charge in [-0.05, 0) is 68.0 Å². The summed E-state index contributed by atoms with van der Waals surface area (Å²) in [6, 6.07) is 11.0. The third-order valence-electron chi connectivity index (χ3n) is 6.58. The van der Waals surface area contributed by atoms with E-state index in [1.165, 1.54) is 24.4 Å². The van der Waals surface area contributed by atoms with Crippen molar-refractivity contribution in [3.63, 3.8) is 0 Å². The van der Waals surface area contributed by atoms with Gasteiger partial charge in [0, 0.05) is 13.2 Å². The number of thiazole rings is 1. The minimum atomic E-state index is -3.35. The zero-order valence-corrected chi connectivity index (χ0v) is 22.8. The molecule has 1 saturated heterocycles. The molecule has 2 N–H and O–H groups in total. The lowest BCUT2D eigenvalue weighted by atomic mass is 10.1.